The molecule has 1 aromatic carbocycles. The zero-order valence-electron chi connectivity index (χ0n) is 13.8. The Morgan fingerprint density at radius 2 is 1.80 bits per heavy atom. The number of carbonyl (C=O) groups is 1. The van der Waals surface area contributed by atoms with Gasteiger partial charge in [-0.15, -0.1) is 11.3 Å². The maximum Gasteiger partial charge on any atom is 0.258 e. The van der Waals surface area contributed by atoms with E-state index in [1.165, 1.54) is 39.0 Å². The molecule has 2 aromatic heterocycles. The van der Waals surface area contributed by atoms with Gasteiger partial charge in [-0.3, -0.25) is 4.79 Å². The van der Waals surface area contributed by atoms with Crippen LogP contribution < -0.4 is 25.3 Å². The third-order valence-electron chi connectivity index (χ3n) is 3.55. The van der Waals surface area contributed by atoms with Crippen molar-refractivity contribution in [2.24, 2.45) is 0 Å². The summed E-state index contributed by atoms with van der Waals surface area (Å²) >= 11 is 1.32. The van der Waals surface area contributed by atoms with Crippen molar-refractivity contribution in [3.63, 3.8) is 0 Å². The minimum Gasteiger partial charge on any atom is -0.493 e. The highest BCUT2D eigenvalue weighted by atomic mass is 32.1. The fraction of sp³-hybridized carbons (Fsp3) is 0.188. The van der Waals surface area contributed by atoms with Crippen molar-refractivity contribution < 1.29 is 19.0 Å². The van der Waals surface area contributed by atoms with Crippen molar-refractivity contribution in [3.8, 4) is 17.2 Å². The first-order chi connectivity index (χ1) is 12.1. The molecule has 0 atom stereocenters. The van der Waals surface area contributed by atoms with Crippen molar-refractivity contribution in [1.82, 2.24) is 9.97 Å². The predicted molar refractivity (Wildman–Crippen MR) is 95.9 cm³/mol. The molecule has 9 heteroatoms. The summed E-state index contributed by atoms with van der Waals surface area (Å²) in [4.78, 5) is 20.7. The molecule has 0 radical (unpaired) electrons. The SMILES string of the molecule is COc1cc(NC(=O)c2csc3c(N)ncnc23)cc(OC)c1OC. The number of methoxy groups -OCH3 is 3. The fourth-order valence-electron chi connectivity index (χ4n) is 2.38. The Kier molecular flexibility index (Phi) is 4.57. The van der Waals surface area contributed by atoms with Crippen LogP contribution >= 0.6 is 11.3 Å². The molecule has 0 aliphatic heterocycles. The molecule has 0 unspecified atom stereocenters. The summed E-state index contributed by atoms with van der Waals surface area (Å²) in [5.74, 6) is 1.36. The van der Waals surface area contributed by atoms with E-state index in [4.69, 9.17) is 19.9 Å². The van der Waals surface area contributed by atoms with E-state index in [2.05, 4.69) is 15.3 Å². The number of fused-ring (bicyclic) bond motifs is 1. The van der Waals surface area contributed by atoms with E-state index in [0.717, 1.165) is 0 Å². The molecular weight excluding hydrogens is 344 g/mol. The Labute approximate surface area is 147 Å². The number of hydrogen-bond donors (Lipinski definition) is 2. The Balaban J connectivity index is 1.96. The number of rotatable bonds is 5. The molecule has 1 amide bonds. The van der Waals surface area contributed by atoms with E-state index in [1.807, 2.05) is 0 Å². The number of ether oxygens (including phenoxy) is 3. The zero-order valence-corrected chi connectivity index (χ0v) is 14.6. The molecule has 130 valence electrons. The minimum absolute atomic E-state index is 0.321. The van der Waals surface area contributed by atoms with E-state index < -0.39 is 0 Å². The van der Waals surface area contributed by atoms with Crippen molar-refractivity contribution in [2.75, 3.05) is 32.4 Å². The summed E-state index contributed by atoms with van der Waals surface area (Å²) in [6.07, 6.45) is 1.33. The molecule has 0 aliphatic carbocycles. The van der Waals surface area contributed by atoms with Gasteiger partial charge in [-0.05, 0) is 0 Å². The standard InChI is InChI=1S/C16H16N4O4S/c1-22-10-4-8(5-11(23-2)13(10)24-3)20-16(21)9-6-25-14-12(9)18-7-19-15(14)17/h4-7H,1-3H3,(H,20,21)(H2,17,18,19). The second-order valence-corrected chi connectivity index (χ2v) is 5.83. The molecule has 25 heavy (non-hydrogen) atoms. The van der Waals surface area contributed by atoms with Crippen molar-refractivity contribution in [3.05, 3.63) is 29.4 Å². The summed E-state index contributed by atoms with van der Waals surface area (Å²) < 4.78 is 16.5. The first-order valence-corrected chi connectivity index (χ1v) is 8.06. The Morgan fingerprint density at radius 3 is 2.40 bits per heavy atom. The van der Waals surface area contributed by atoms with Gasteiger partial charge in [0.2, 0.25) is 5.75 Å². The van der Waals surface area contributed by atoms with E-state index in [1.54, 1.807) is 17.5 Å². The number of thiophene rings is 1. The lowest BCUT2D eigenvalue weighted by Crippen LogP contribution is -2.12. The lowest BCUT2D eigenvalue weighted by molar-refractivity contribution is 0.102. The van der Waals surface area contributed by atoms with Crippen LogP contribution in [0, 0.1) is 0 Å². The van der Waals surface area contributed by atoms with Crippen LogP contribution in [0.2, 0.25) is 0 Å². The number of anilines is 2. The monoisotopic (exact) mass is 360 g/mol. The molecule has 2 heterocycles. The topological polar surface area (TPSA) is 109 Å². The Hall–Kier alpha value is -3.07. The van der Waals surface area contributed by atoms with Crippen LogP contribution in [0.4, 0.5) is 11.5 Å². The van der Waals surface area contributed by atoms with Gasteiger partial charge in [0.05, 0.1) is 37.1 Å². The number of aromatic nitrogens is 2. The van der Waals surface area contributed by atoms with E-state index in [-0.39, 0.29) is 5.91 Å². The van der Waals surface area contributed by atoms with E-state index >= 15 is 0 Å². The van der Waals surface area contributed by atoms with Gasteiger partial charge in [0.15, 0.2) is 11.5 Å². The highest BCUT2D eigenvalue weighted by Crippen LogP contribution is 2.40. The second-order valence-electron chi connectivity index (χ2n) is 4.95. The summed E-state index contributed by atoms with van der Waals surface area (Å²) in [6.45, 7) is 0. The molecular formula is C16H16N4O4S. The number of amides is 1. The number of nitrogens with two attached hydrogens (primary N) is 1. The zero-order chi connectivity index (χ0) is 18.0. The number of carbonyl (C=O) groups excluding carboxylic acids is 1. The van der Waals surface area contributed by atoms with Gasteiger partial charge in [0.25, 0.3) is 5.91 Å². The number of hydrogen-bond acceptors (Lipinski definition) is 8. The maximum absolute atomic E-state index is 12.6. The Morgan fingerprint density at radius 1 is 1.12 bits per heavy atom. The van der Waals surface area contributed by atoms with E-state index in [0.29, 0.717) is 44.5 Å². The molecule has 0 fully saturated rings. The van der Waals surface area contributed by atoms with E-state index in [9.17, 15) is 4.79 Å². The summed E-state index contributed by atoms with van der Waals surface area (Å²) in [5, 5.41) is 4.51. The van der Waals surface area contributed by atoms with Gasteiger partial charge >= 0.3 is 0 Å². The molecule has 0 saturated heterocycles. The van der Waals surface area contributed by atoms with Crippen LogP contribution in [0.15, 0.2) is 23.8 Å². The molecule has 0 bridgehead atoms. The minimum atomic E-state index is -0.321. The van der Waals surface area contributed by atoms with Crippen molar-refractivity contribution >= 4 is 39.0 Å². The van der Waals surface area contributed by atoms with Gasteiger partial charge in [-0.1, -0.05) is 0 Å². The molecule has 3 aromatic rings. The number of nitrogens with zero attached hydrogens (tertiary/aromatic N) is 2. The first-order valence-electron chi connectivity index (χ1n) is 7.18. The average molecular weight is 360 g/mol. The van der Waals surface area contributed by atoms with Crippen LogP contribution in [-0.4, -0.2) is 37.2 Å². The average Bonchev–Trinajstić information content (AvgIpc) is 3.06. The third-order valence-corrected chi connectivity index (χ3v) is 4.54. The molecule has 0 aliphatic rings. The molecule has 3 rings (SSSR count). The van der Waals surface area contributed by atoms with Gasteiger partial charge < -0.3 is 25.3 Å². The fourth-order valence-corrected chi connectivity index (χ4v) is 3.28. The molecule has 0 spiro atoms. The van der Waals surface area contributed by atoms with Gasteiger partial charge in [-0.25, -0.2) is 9.97 Å². The quantitative estimate of drug-likeness (QED) is 0.719. The third kappa shape index (κ3) is 3.01. The summed E-state index contributed by atoms with van der Waals surface area (Å²) in [7, 11) is 4.53. The lowest BCUT2D eigenvalue weighted by atomic mass is 10.2. The van der Waals surface area contributed by atoms with Crippen LogP contribution in [-0.2, 0) is 0 Å². The number of nitrogen functional groups attached to an aromatic ring is 1. The highest BCUT2D eigenvalue weighted by Gasteiger charge is 2.18. The smallest absolute Gasteiger partial charge is 0.258 e. The summed E-state index contributed by atoms with van der Waals surface area (Å²) in [6, 6.07) is 3.30. The van der Waals surface area contributed by atoms with Crippen LogP contribution in [0.5, 0.6) is 17.2 Å². The lowest BCUT2D eigenvalue weighted by Gasteiger charge is -2.14. The first kappa shape index (κ1) is 16.8. The largest absolute Gasteiger partial charge is 0.493 e. The Bertz CT molecular complexity index is 916. The van der Waals surface area contributed by atoms with Crippen LogP contribution in [0.25, 0.3) is 10.2 Å². The normalized spacial score (nSPS) is 10.5. The molecule has 3 N–H and O–H groups in total. The summed E-state index contributed by atoms with van der Waals surface area (Å²) in [5.41, 5.74) is 7.25. The van der Waals surface area contributed by atoms with Crippen molar-refractivity contribution in [1.29, 1.82) is 0 Å². The van der Waals surface area contributed by atoms with Crippen molar-refractivity contribution in [2.45, 2.75) is 0 Å². The van der Waals surface area contributed by atoms with Gasteiger partial charge in [0, 0.05) is 23.2 Å². The predicted octanol–water partition coefficient (Wildman–Crippen LogP) is 2.55. The van der Waals surface area contributed by atoms with Crippen LogP contribution in [0.1, 0.15) is 10.4 Å². The molecule has 8 nitrogen and oxygen atoms in total. The second kappa shape index (κ2) is 6.81. The van der Waals surface area contributed by atoms with Gasteiger partial charge in [0.1, 0.15) is 12.1 Å². The maximum atomic E-state index is 12.6. The van der Waals surface area contributed by atoms with Crippen LogP contribution in [0.3, 0.4) is 0 Å². The highest BCUT2D eigenvalue weighted by molar-refractivity contribution is 7.18. The van der Waals surface area contributed by atoms with Gasteiger partial charge in [-0.2, -0.15) is 0 Å². The number of benzene rings is 1. The number of nitrogens with one attached hydrogen (secondary N) is 1. The molecule has 0 saturated carbocycles.